The predicted octanol–water partition coefficient (Wildman–Crippen LogP) is 4.87. The second kappa shape index (κ2) is 8.71. The number of hydrogen-bond acceptors (Lipinski definition) is 3. The van der Waals surface area contributed by atoms with Crippen molar-refractivity contribution in [1.29, 1.82) is 0 Å². The van der Waals surface area contributed by atoms with Gasteiger partial charge in [-0.05, 0) is 51.9 Å². The van der Waals surface area contributed by atoms with Gasteiger partial charge in [0.1, 0.15) is 6.61 Å². The molecule has 5 rings (SSSR count). The van der Waals surface area contributed by atoms with Crippen molar-refractivity contribution in [3.8, 4) is 11.1 Å². The number of rotatable bonds is 6. The van der Waals surface area contributed by atoms with Crippen LogP contribution in [0, 0.1) is 0 Å². The Kier molecular flexibility index (Phi) is 5.46. The summed E-state index contributed by atoms with van der Waals surface area (Å²) in [6, 6.07) is 22.4. The largest absolute Gasteiger partial charge is 0.449 e. The van der Waals surface area contributed by atoms with Crippen molar-refractivity contribution < 1.29 is 14.3 Å². The van der Waals surface area contributed by atoms with Gasteiger partial charge in [0.2, 0.25) is 0 Å². The zero-order valence-corrected chi connectivity index (χ0v) is 17.6. The standard InChI is InChI=1S/C27H24N2O3/c30-26-20-13-12-18(15-19(20)16-29-26)7-5-6-14-28-27(31)32-17-25-23-10-3-1-8-21(23)22-9-2-4-11-24(22)25/h1-5,7-13,15,25H,6,14,16-17H2,(H,28,31)(H,29,30). The van der Waals surface area contributed by atoms with Crippen LogP contribution in [0.2, 0.25) is 0 Å². The van der Waals surface area contributed by atoms with Gasteiger partial charge in [-0.25, -0.2) is 4.79 Å². The summed E-state index contributed by atoms with van der Waals surface area (Å²) in [7, 11) is 0. The molecule has 0 radical (unpaired) electrons. The summed E-state index contributed by atoms with van der Waals surface area (Å²) >= 11 is 0. The van der Waals surface area contributed by atoms with Crippen molar-refractivity contribution in [2.75, 3.05) is 13.2 Å². The molecule has 3 aromatic rings. The van der Waals surface area contributed by atoms with E-state index < -0.39 is 6.09 Å². The number of amides is 2. The number of nitrogens with one attached hydrogen (secondary N) is 2. The lowest BCUT2D eigenvalue weighted by molar-refractivity contribution is 0.0965. The molecule has 32 heavy (non-hydrogen) atoms. The topological polar surface area (TPSA) is 67.4 Å². The van der Waals surface area contributed by atoms with E-state index >= 15 is 0 Å². The summed E-state index contributed by atoms with van der Waals surface area (Å²) in [5.41, 5.74) is 7.66. The van der Waals surface area contributed by atoms with Crippen LogP contribution in [0.5, 0.6) is 0 Å². The second-order valence-electron chi connectivity index (χ2n) is 8.04. The maximum absolute atomic E-state index is 12.2. The molecule has 0 spiro atoms. The minimum Gasteiger partial charge on any atom is -0.449 e. The monoisotopic (exact) mass is 424 g/mol. The smallest absolute Gasteiger partial charge is 0.407 e. The first-order valence-electron chi connectivity index (χ1n) is 10.9. The van der Waals surface area contributed by atoms with Crippen LogP contribution >= 0.6 is 0 Å². The minimum atomic E-state index is -0.401. The molecule has 5 nitrogen and oxygen atoms in total. The maximum Gasteiger partial charge on any atom is 0.407 e. The van der Waals surface area contributed by atoms with E-state index in [1.807, 2.05) is 54.6 Å². The number of alkyl carbamates (subject to hydrolysis) is 1. The Morgan fingerprint density at radius 1 is 1.00 bits per heavy atom. The van der Waals surface area contributed by atoms with E-state index in [4.69, 9.17) is 4.74 Å². The van der Waals surface area contributed by atoms with Crippen LogP contribution in [0.4, 0.5) is 4.79 Å². The molecule has 0 fully saturated rings. The van der Waals surface area contributed by atoms with Gasteiger partial charge in [-0.3, -0.25) is 4.79 Å². The minimum absolute atomic E-state index is 0.0113. The Hall–Kier alpha value is -3.86. The summed E-state index contributed by atoms with van der Waals surface area (Å²) in [5, 5.41) is 5.64. The normalized spacial score (nSPS) is 14.1. The number of carbonyl (C=O) groups excluding carboxylic acids is 2. The maximum atomic E-state index is 12.2. The molecule has 1 aliphatic carbocycles. The zero-order chi connectivity index (χ0) is 21.9. The van der Waals surface area contributed by atoms with E-state index in [1.54, 1.807) is 0 Å². The van der Waals surface area contributed by atoms with Crippen LogP contribution in [-0.2, 0) is 11.3 Å². The third-order valence-electron chi connectivity index (χ3n) is 6.05. The van der Waals surface area contributed by atoms with E-state index in [0.717, 1.165) is 16.7 Å². The summed E-state index contributed by atoms with van der Waals surface area (Å²) in [4.78, 5) is 23.8. The molecule has 1 aliphatic heterocycles. The predicted molar refractivity (Wildman–Crippen MR) is 124 cm³/mol. The van der Waals surface area contributed by atoms with Gasteiger partial charge in [0.25, 0.3) is 5.91 Å². The van der Waals surface area contributed by atoms with Gasteiger partial charge < -0.3 is 15.4 Å². The molecule has 2 amide bonds. The van der Waals surface area contributed by atoms with Crippen LogP contribution in [0.1, 0.15) is 45.0 Å². The molecule has 0 unspecified atom stereocenters. The highest BCUT2D eigenvalue weighted by Gasteiger charge is 2.28. The second-order valence-corrected chi connectivity index (χ2v) is 8.04. The average molecular weight is 425 g/mol. The molecule has 0 aromatic heterocycles. The lowest BCUT2D eigenvalue weighted by Gasteiger charge is -2.14. The Morgan fingerprint density at radius 3 is 2.47 bits per heavy atom. The molecule has 0 saturated heterocycles. The van der Waals surface area contributed by atoms with Gasteiger partial charge >= 0.3 is 6.09 Å². The molecular weight excluding hydrogens is 400 g/mol. The highest BCUT2D eigenvalue weighted by Crippen LogP contribution is 2.44. The third kappa shape index (κ3) is 3.89. The fourth-order valence-corrected chi connectivity index (χ4v) is 4.48. The molecule has 3 aromatic carbocycles. The fraction of sp³-hybridized carbons (Fsp3) is 0.185. The van der Waals surface area contributed by atoms with Gasteiger partial charge in [0.05, 0.1) is 0 Å². The third-order valence-corrected chi connectivity index (χ3v) is 6.05. The van der Waals surface area contributed by atoms with E-state index in [0.29, 0.717) is 26.1 Å². The molecule has 160 valence electrons. The number of fused-ring (bicyclic) bond motifs is 4. The van der Waals surface area contributed by atoms with Gasteiger partial charge in [0, 0.05) is 24.6 Å². The SMILES string of the molecule is O=C(NCCC=Cc1ccc2c(c1)CNC2=O)OCC1c2ccccc2-c2ccccc21. The fourth-order valence-electron chi connectivity index (χ4n) is 4.48. The Labute approximate surface area is 187 Å². The molecule has 5 heteroatoms. The van der Waals surface area contributed by atoms with Crippen LogP contribution < -0.4 is 10.6 Å². The molecule has 0 atom stereocenters. The first-order chi connectivity index (χ1) is 15.7. The quantitative estimate of drug-likeness (QED) is 0.555. The van der Waals surface area contributed by atoms with Gasteiger partial charge in [-0.15, -0.1) is 0 Å². The highest BCUT2D eigenvalue weighted by molar-refractivity contribution is 5.98. The molecule has 0 saturated carbocycles. The van der Waals surface area contributed by atoms with E-state index in [-0.39, 0.29) is 11.8 Å². The van der Waals surface area contributed by atoms with Gasteiger partial charge in [-0.1, -0.05) is 66.7 Å². The number of carbonyl (C=O) groups is 2. The molecule has 1 heterocycles. The summed E-state index contributed by atoms with van der Waals surface area (Å²) in [6.07, 6.45) is 4.30. The zero-order valence-electron chi connectivity index (χ0n) is 17.6. The number of hydrogen-bond donors (Lipinski definition) is 2. The van der Waals surface area contributed by atoms with Crippen molar-refractivity contribution in [3.63, 3.8) is 0 Å². The van der Waals surface area contributed by atoms with Crippen LogP contribution in [0.15, 0.2) is 72.8 Å². The lowest BCUT2D eigenvalue weighted by atomic mass is 9.98. The summed E-state index contributed by atoms with van der Waals surface area (Å²) in [5.74, 6) is 0.0528. The van der Waals surface area contributed by atoms with Crippen LogP contribution in [0.25, 0.3) is 17.2 Å². The van der Waals surface area contributed by atoms with Crippen molar-refractivity contribution >= 4 is 18.1 Å². The number of ether oxygens (including phenoxy) is 1. The molecule has 2 N–H and O–H groups in total. The summed E-state index contributed by atoms with van der Waals surface area (Å²) in [6.45, 7) is 1.40. The van der Waals surface area contributed by atoms with Crippen molar-refractivity contribution in [2.24, 2.45) is 0 Å². The van der Waals surface area contributed by atoms with E-state index in [9.17, 15) is 9.59 Å². The van der Waals surface area contributed by atoms with Gasteiger partial charge in [-0.2, -0.15) is 0 Å². The molecule has 2 aliphatic rings. The van der Waals surface area contributed by atoms with Crippen molar-refractivity contribution in [2.45, 2.75) is 18.9 Å². The molecular formula is C27H24N2O3. The Bertz CT molecular complexity index is 1170. The van der Waals surface area contributed by atoms with Crippen molar-refractivity contribution in [1.82, 2.24) is 10.6 Å². The lowest BCUT2D eigenvalue weighted by Crippen LogP contribution is -2.26. The Morgan fingerprint density at radius 2 is 1.72 bits per heavy atom. The average Bonchev–Trinajstić information content (AvgIpc) is 3.35. The first-order valence-corrected chi connectivity index (χ1v) is 10.9. The van der Waals surface area contributed by atoms with Crippen LogP contribution in [0.3, 0.4) is 0 Å². The molecule has 0 bridgehead atoms. The number of benzene rings is 3. The van der Waals surface area contributed by atoms with Crippen molar-refractivity contribution in [3.05, 3.63) is 101 Å². The van der Waals surface area contributed by atoms with Crippen LogP contribution in [-0.4, -0.2) is 25.2 Å². The van der Waals surface area contributed by atoms with E-state index in [2.05, 4.69) is 34.9 Å². The summed E-state index contributed by atoms with van der Waals surface area (Å²) < 4.78 is 5.55. The Balaban J connectivity index is 1.11. The van der Waals surface area contributed by atoms with E-state index in [1.165, 1.54) is 22.3 Å². The highest BCUT2D eigenvalue weighted by atomic mass is 16.5. The first kappa shape index (κ1) is 20.1. The van der Waals surface area contributed by atoms with Gasteiger partial charge in [0.15, 0.2) is 0 Å².